The molecule has 0 aliphatic heterocycles. The van der Waals surface area contributed by atoms with Crippen LogP contribution in [-0.4, -0.2) is 29.8 Å². The van der Waals surface area contributed by atoms with E-state index in [1.54, 1.807) is 12.1 Å². The summed E-state index contributed by atoms with van der Waals surface area (Å²) in [5, 5.41) is 0. The standard InChI is InChI=1S/C16H20FNO/c17-14-3-1-2-13(10-14)16(19)8-9-18(15-6-7-15)11-12-4-5-12/h1-3,10,12,15H,4-9,11H2. The van der Waals surface area contributed by atoms with Gasteiger partial charge in [-0.05, 0) is 43.7 Å². The second-order valence-electron chi connectivity index (χ2n) is 5.85. The molecule has 2 aliphatic rings. The summed E-state index contributed by atoms with van der Waals surface area (Å²) in [5.41, 5.74) is 0.502. The van der Waals surface area contributed by atoms with Gasteiger partial charge in [0.15, 0.2) is 5.78 Å². The van der Waals surface area contributed by atoms with Crippen LogP contribution in [0.15, 0.2) is 24.3 Å². The maximum absolute atomic E-state index is 13.1. The van der Waals surface area contributed by atoms with E-state index in [9.17, 15) is 9.18 Å². The van der Waals surface area contributed by atoms with Gasteiger partial charge in [-0.3, -0.25) is 9.69 Å². The van der Waals surface area contributed by atoms with Gasteiger partial charge < -0.3 is 0 Å². The number of benzene rings is 1. The molecule has 0 saturated heterocycles. The first-order valence-electron chi connectivity index (χ1n) is 7.25. The lowest BCUT2D eigenvalue weighted by molar-refractivity contribution is 0.0960. The van der Waals surface area contributed by atoms with Crippen LogP contribution in [0.5, 0.6) is 0 Å². The molecular formula is C16H20FNO. The highest BCUT2D eigenvalue weighted by molar-refractivity contribution is 5.96. The molecule has 0 unspecified atom stereocenters. The Hall–Kier alpha value is -1.22. The molecule has 2 aliphatic carbocycles. The molecule has 0 N–H and O–H groups in total. The molecule has 0 atom stereocenters. The largest absolute Gasteiger partial charge is 0.300 e. The van der Waals surface area contributed by atoms with Crippen LogP contribution in [-0.2, 0) is 0 Å². The Morgan fingerprint density at radius 1 is 1.26 bits per heavy atom. The van der Waals surface area contributed by atoms with E-state index in [1.165, 1.54) is 37.8 Å². The maximum Gasteiger partial charge on any atom is 0.164 e. The van der Waals surface area contributed by atoms with Crippen molar-refractivity contribution in [3.05, 3.63) is 35.6 Å². The summed E-state index contributed by atoms with van der Waals surface area (Å²) in [7, 11) is 0. The Morgan fingerprint density at radius 3 is 2.68 bits per heavy atom. The normalized spacial score (nSPS) is 18.8. The summed E-state index contributed by atoms with van der Waals surface area (Å²) in [6.45, 7) is 1.98. The van der Waals surface area contributed by atoms with Gasteiger partial charge in [-0.25, -0.2) is 4.39 Å². The Balaban J connectivity index is 1.53. The second-order valence-corrected chi connectivity index (χ2v) is 5.85. The van der Waals surface area contributed by atoms with Crippen LogP contribution in [0.25, 0.3) is 0 Å². The highest BCUT2D eigenvalue weighted by Crippen LogP contribution is 2.34. The molecular weight excluding hydrogens is 241 g/mol. The Morgan fingerprint density at radius 2 is 2.05 bits per heavy atom. The number of carbonyl (C=O) groups excluding carboxylic acids is 1. The highest BCUT2D eigenvalue weighted by Gasteiger charge is 2.33. The molecule has 3 rings (SSSR count). The summed E-state index contributed by atoms with van der Waals surface area (Å²) in [5.74, 6) is 0.591. The zero-order valence-corrected chi connectivity index (χ0v) is 11.1. The Bertz CT molecular complexity index is 466. The van der Waals surface area contributed by atoms with Crippen LogP contribution in [0.1, 0.15) is 42.5 Å². The van der Waals surface area contributed by atoms with Gasteiger partial charge >= 0.3 is 0 Å². The third-order valence-corrected chi connectivity index (χ3v) is 4.03. The predicted molar refractivity (Wildman–Crippen MR) is 72.7 cm³/mol. The van der Waals surface area contributed by atoms with Crippen LogP contribution < -0.4 is 0 Å². The van der Waals surface area contributed by atoms with Gasteiger partial charge in [-0.15, -0.1) is 0 Å². The summed E-state index contributed by atoms with van der Waals surface area (Å²) < 4.78 is 13.1. The van der Waals surface area contributed by atoms with E-state index >= 15 is 0 Å². The average Bonchev–Trinajstić information content (AvgIpc) is 3.27. The van der Waals surface area contributed by atoms with Crippen molar-refractivity contribution < 1.29 is 9.18 Å². The van der Waals surface area contributed by atoms with Gasteiger partial charge in [-0.2, -0.15) is 0 Å². The van der Waals surface area contributed by atoms with Gasteiger partial charge in [0.25, 0.3) is 0 Å². The topological polar surface area (TPSA) is 20.3 Å². The highest BCUT2D eigenvalue weighted by atomic mass is 19.1. The second kappa shape index (κ2) is 5.41. The van der Waals surface area contributed by atoms with Crippen molar-refractivity contribution in [2.45, 2.75) is 38.1 Å². The van der Waals surface area contributed by atoms with E-state index < -0.39 is 0 Å². The first-order chi connectivity index (χ1) is 9.22. The third kappa shape index (κ3) is 3.63. The molecule has 2 nitrogen and oxygen atoms in total. The molecule has 2 fully saturated rings. The van der Waals surface area contributed by atoms with E-state index in [0.717, 1.165) is 19.0 Å². The van der Waals surface area contributed by atoms with Crippen molar-refractivity contribution in [1.29, 1.82) is 0 Å². The number of carbonyl (C=O) groups is 1. The number of hydrogen-bond donors (Lipinski definition) is 0. The van der Waals surface area contributed by atoms with Crippen molar-refractivity contribution in [2.75, 3.05) is 13.1 Å². The average molecular weight is 261 g/mol. The number of ketones is 1. The monoisotopic (exact) mass is 261 g/mol. The van der Waals surface area contributed by atoms with Crippen LogP contribution in [0, 0.1) is 11.7 Å². The molecule has 1 aromatic carbocycles. The number of Topliss-reactive ketones (excluding diaryl/α,β-unsaturated/α-hetero) is 1. The first-order valence-corrected chi connectivity index (χ1v) is 7.25. The molecule has 102 valence electrons. The Labute approximate surface area is 113 Å². The van der Waals surface area contributed by atoms with Gasteiger partial charge in [0.2, 0.25) is 0 Å². The predicted octanol–water partition coefficient (Wildman–Crippen LogP) is 3.27. The maximum atomic E-state index is 13.1. The van der Waals surface area contributed by atoms with E-state index in [1.807, 2.05) is 0 Å². The molecule has 0 aromatic heterocycles. The number of rotatable bonds is 7. The minimum absolute atomic E-state index is 0.0564. The van der Waals surface area contributed by atoms with Gasteiger partial charge in [-0.1, -0.05) is 12.1 Å². The molecule has 19 heavy (non-hydrogen) atoms. The lowest BCUT2D eigenvalue weighted by atomic mass is 10.1. The summed E-state index contributed by atoms with van der Waals surface area (Å²) in [4.78, 5) is 14.5. The van der Waals surface area contributed by atoms with Gasteiger partial charge in [0.05, 0.1) is 0 Å². The van der Waals surface area contributed by atoms with E-state index in [4.69, 9.17) is 0 Å². The summed E-state index contributed by atoms with van der Waals surface area (Å²) in [6, 6.07) is 6.73. The fourth-order valence-corrected chi connectivity index (χ4v) is 2.55. The molecule has 0 heterocycles. The quantitative estimate of drug-likeness (QED) is 0.702. The summed E-state index contributed by atoms with van der Waals surface area (Å²) >= 11 is 0. The fourth-order valence-electron chi connectivity index (χ4n) is 2.55. The van der Waals surface area contributed by atoms with Crippen molar-refractivity contribution in [3.8, 4) is 0 Å². The zero-order chi connectivity index (χ0) is 13.2. The lowest BCUT2D eigenvalue weighted by Gasteiger charge is -2.21. The van der Waals surface area contributed by atoms with Crippen LogP contribution in [0.4, 0.5) is 4.39 Å². The fraction of sp³-hybridized carbons (Fsp3) is 0.562. The van der Waals surface area contributed by atoms with Crippen LogP contribution in [0.3, 0.4) is 0 Å². The first kappa shape index (κ1) is 12.8. The van der Waals surface area contributed by atoms with Crippen molar-refractivity contribution >= 4 is 5.78 Å². The van der Waals surface area contributed by atoms with Gasteiger partial charge in [0.1, 0.15) is 5.82 Å². The van der Waals surface area contributed by atoms with E-state index in [-0.39, 0.29) is 11.6 Å². The third-order valence-electron chi connectivity index (χ3n) is 4.03. The lowest BCUT2D eigenvalue weighted by Crippen LogP contribution is -2.30. The molecule has 1 aromatic rings. The molecule has 3 heteroatoms. The van der Waals surface area contributed by atoms with Crippen LogP contribution in [0.2, 0.25) is 0 Å². The molecule has 0 bridgehead atoms. The number of nitrogens with zero attached hydrogens (tertiary/aromatic N) is 1. The summed E-state index contributed by atoms with van der Waals surface area (Å²) in [6.07, 6.45) is 5.76. The molecule has 0 amide bonds. The van der Waals surface area contributed by atoms with Crippen LogP contribution >= 0.6 is 0 Å². The minimum Gasteiger partial charge on any atom is -0.300 e. The smallest absolute Gasteiger partial charge is 0.164 e. The number of halogens is 1. The number of hydrogen-bond acceptors (Lipinski definition) is 2. The molecule has 0 spiro atoms. The Kier molecular flexibility index (Phi) is 3.65. The molecule has 0 radical (unpaired) electrons. The van der Waals surface area contributed by atoms with E-state index in [0.29, 0.717) is 18.0 Å². The minimum atomic E-state index is -0.331. The molecule has 2 saturated carbocycles. The van der Waals surface area contributed by atoms with Crippen molar-refractivity contribution in [1.82, 2.24) is 4.90 Å². The van der Waals surface area contributed by atoms with Crippen molar-refractivity contribution in [2.24, 2.45) is 5.92 Å². The van der Waals surface area contributed by atoms with E-state index in [2.05, 4.69) is 4.90 Å². The van der Waals surface area contributed by atoms with Gasteiger partial charge in [0, 0.05) is 31.1 Å². The zero-order valence-electron chi connectivity index (χ0n) is 11.1. The SMILES string of the molecule is O=C(CCN(CC1CC1)C1CC1)c1cccc(F)c1. The van der Waals surface area contributed by atoms with Crippen molar-refractivity contribution in [3.63, 3.8) is 0 Å².